The topological polar surface area (TPSA) is 86.7 Å². The van der Waals surface area contributed by atoms with Gasteiger partial charge in [0.2, 0.25) is 0 Å². The van der Waals surface area contributed by atoms with Crippen molar-refractivity contribution in [3.63, 3.8) is 0 Å². The van der Waals surface area contributed by atoms with Crippen molar-refractivity contribution >= 4 is 23.5 Å². The van der Waals surface area contributed by atoms with E-state index in [-0.39, 0.29) is 23.8 Å². The van der Waals surface area contributed by atoms with Gasteiger partial charge in [-0.2, -0.15) is 0 Å². The summed E-state index contributed by atoms with van der Waals surface area (Å²) in [6.07, 6.45) is 0. The number of anilines is 1. The lowest BCUT2D eigenvalue weighted by molar-refractivity contribution is 0.0608. The summed E-state index contributed by atoms with van der Waals surface area (Å²) in [6.45, 7) is 5.93. The van der Waals surface area contributed by atoms with Crippen LogP contribution >= 0.6 is 0 Å². The Balaban J connectivity index is 1.25. The normalized spacial score (nSPS) is 15.8. The first-order valence-corrected chi connectivity index (χ1v) is 11.4. The van der Waals surface area contributed by atoms with Gasteiger partial charge in [-0.15, -0.1) is 10.2 Å². The molecule has 2 aromatic carbocycles. The van der Waals surface area contributed by atoms with Crippen molar-refractivity contribution in [2.45, 2.75) is 19.9 Å². The van der Waals surface area contributed by atoms with Crippen LogP contribution in [0.1, 0.15) is 44.9 Å². The molecule has 3 amide bonds. The molecule has 0 saturated carbocycles. The van der Waals surface area contributed by atoms with Crippen LogP contribution in [0.5, 0.6) is 0 Å². The van der Waals surface area contributed by atoms with Gasteiger partial charge in [0.1, 0.15) is 0 Å². The van der Waals surface area contributed by atoms with Crippen molar-refractivity contribution in [3.8, 4) is 11.3 Å². The van der Waals surface area contributed by atoms with E-state index in [2.05, 4.69) is 15.1 Å². The van der Waals surface area contributed by atoms with Gasteiger partial charge in [0.15, 0.2) is 5.82 Å². The van der Waals surface area contributed by atoms with Gasteiger partial charge >= 0.3 is 0 Å². The predicted molar refractivity (Wildman–Crippen MR) is 128 cm³/mol. The van der Waals surface area contributed by atoms with Crippen LogP contribution in [0.15, 0.2) is 60.7 Å². The van der Waals surface area contributed by atoms with Crippen LogP contribution in [0, 0.1) is 0 Å². The third-order valence-corrected chi connectivity index (χ3v) is 6.29. The minimum Gasteiger partial charge on any atom is -0.352 e. The molecular formula is C26H25N5O3. The summed E-state index contributed by atoms with van der Waals surface area (Å²) < 4.78 is 0. The number of hydrogen-bond acceptors (Lipinski definition) is 6. The summed E-state index contributed by atoms with van der Waals surface area (Å²) >= 11 is 0. The standard InChI is InChI=1S/C26H25N5O3/c1-17(2)31-25(33)20-9-8-19(16-21(20)26(31)34)24(32)30-14-12-29(13-15-30)23-11-10-22(27-28-23)18-6-4-3-5-7-18/h3-11,16-17H,12-15H2,1-2H3. The maximum absolute atomic E-state index is 13.1. The third kappa shape index (κ3) is 3.81. The lowest BCUT2D eigenvalue weighted by Gasteiger charge is -2.35. The fourth-order valence-electron chi connectivity index (χ4n) is 4.44. The first-order chi connectivity index (χ1) is 16.4. The number of carbonyl (C=O) groups excluding carboxylic acids is 3. The Morgan fingerprint density at radius 1 is 0.824 bits per heavy atom. The highest BCUT2D eigenvalue weighted by Gasteiger charge is 2.37. The van der Waals surface area contributed by atoms with Crippen molar-refractivity contribution in [3.05, 3.63) is 77.4 Å². The van der Waals surface area contributed by atoms with Gasteiger partial charge < -0.3 is 9.80 Å². The number of imide groups is 1. The Morgan fingerprint density at radius 3 is 2.18 bits per heavy atom. The molecule has 2 aliphatic heterocycles. The number of amides is 3. The van der Waals surface area contributed by atoms with Crippen molar-refractivity contribution < 1.29 is 14.4 Å². The number of benzene rings is 2. The summed E-state index contributed by atoms with van der Waals surface area (Å²) in [4.78, 5) is 43.4. The molecule has 1 fully saturated rings. The van der Waals surface area contributed by atoms with Gasteiger partial charge in [-0.05, 0) is 44.2 Å². The molecule has 0 radical (unpaired) electrons. The molecule has 3 heterocycles. The van der Waals surface area contributed by atoms with E-state index in [1.54, 1.807) is 36.9 Å². The Hall–Kier alpha value is -4.07. The highest BCUT2D eigenvalue weighted by atomic mass is 16.2. The first-order valence-electron chi connectivity index (χ1n) is 11.4. The van der Waals surface area contributed by atoms with E-state index in [0.717, 1.165) is 17.1 Å². The van der Waals surface area contributed by atoms with E-state index in [1.807, 2.05) is 42.5 Å². The van der Waals surface area contributed by atoms with E-state index in [4.69, 9.17) is 0 Å². The van der Waals surface area contributed by atoms with Crippen molar-refractivity contribution in [2.75, 3.05) is 31.1 Å². The minimum absolute atomic E-state index is 0.142. The van der Waals surface area contributed by atoms with Crippen LogP contribution in [0.2, 0.25) is 0 Å². The smallest absolute Gasteiger partial charge is 0.261 e. The molecule has 0 spiro atoms. The van der Waals surface area contributed by atoms with Crippen LogP contribution in [-0.4, -0.2) is 69.9 Å². The van der Waals surface area contributed by atoms with Gasteiger partial charge in [0.05, 0.1) is 16.8 Å². The van der Waals surface area contributed by atoms with Crippen LogP contribution in [-0.2, 0) is 0 Å². The average molecular weight is 456 g/mol. The molecule has 8 nitrogen and oxygen atoms in total. The van der Waals surface area contributed by atoms with Gasteiger partial charge in [-0.1, -0.05) is 30.3 Å². The predicted octanol–water partition coefficient (Wildman–Crippen LogP) is 3.11. The van der Waals surface area contributed by atoms with E-state index < -0.39 is 0 Å². The lowest BCUT2D eigenvalue weighted by atomic mass is 10.0. The largest absolute Gasteiger partial charge is 0.352 e. The summed E-state index contributed by atoms with van der Waals surface area (Å²) in [6, 6.07) is 18.4. The van der Waals surface area contributed by atoms with Crippen LogP contribution in [0.3, 0.4) is 0 Å². The lowest BCUT2D eigenvalue weighted by Crippen LogP contribution is -2.49. The average Bonchev–Trinajstić information content (AvgIpc) is 3.13. The maximum atomic E-state index is 13.1. The number of rotatable bonds is 4. The number of hydrogen-bond donors (Lipinski definition) is 0. The molecule has 172 valence electrons. The highest BCUT2D eigenvalue weighted by Crippen LogP contribution is 2.26. The summed E-state index contributed by atoms with van der Waals surface area (Å²) in [5.41, 5.74) is 2.92. The maximum Gasteiger partial charge on any atom is 0.261 e. The monoisotopic (exact) mass is 455 g/mol. The summed E-state index contributed by atoms with van der Waals surface area (Å²) in [5.74, 6) is -0.00704. The van der Waals surface area contributed by atoms with Crippen molar-refractivity contribution in [2.24, 2.45) is 0 Å². The van der Waals surface area contributed by atoms with Crippen LogP contribution < -0.4 is 4.90 Å². The van der Waals surface area contributed by atoms with Crippen molar-refractivity contribution in [1.29, 1.82) is 0 Å². The molecule has 34 heavy (non-hydrogen) atoms. The number of fused-ring (bicyclic) bond motifs is 1. The number of piperazine rings is 1. The molecule has 2 aliphatic rings. The zero-order valence-electron chi connectivity index (χ0n) is 19.1. The highest BCUT2D eigenvalue weighted by molar-refractivity contribution is 6.22. The Bertz CT molecular complexity index is 1250. The molecule has 1 aromatic heterocycles. The van der Waals surface area contributed by atoms with Gasteiger partial charge in [-0.25, -0.2) is 0 Å². The fourth-order valence-corrected chi connectivity index (χ4v) is 4.44. The Labute approximate surface area is 197 Å². The summed E-state index contributed by atoms with van der Waals surface area (Å²) in [7, 11) is 0. The Morgan fingerprint density at radius 2 is 1.53 bits per heavy atom. The Kier molecular flexibility index (Phi) is 5.57. The molecule has 5 rings (SSSR count). The number of aromatic nitrogens is 2. The second-order valence-electron chi connectivity index (χ2n) is 8.76. The SMILES string of the molecule is CC(C)N1C(=O)c2ccc(C(=O)N3CCN(c4ccc(-c5ccccc5)nn4)CC3)cc2C1=O. The second-order valence-corrected chi connectivity index (χ2v) is 8.76. The fraction of sp³-hybridized carbons (Fsp3) is 0.269. The first kappa shape index (κ1) is 21.8. The van der Waals surface area contributed by atoms with Gasteiger partial charge in [0.25, 0.3) is 17.7 Å². The minimum atomic E-state index is -0.341. The molecule has 3 aromatic rings. The van der Waals surface area contributed by atoms with Gasteiger partial charge in [-0.3, -0.25) is 19.3 Å². The van der Waals surface area contributed by atoms with E-state index in [9.17, 15) is 14.4 Å². The third-order valence-electron chi connectivity index (χ3n) is 6.29. The zero-order chi connectivity index (χ0) is 23.8. The zero-order valence-corrected chi connectivity index (χ0v) is 19.1. The molecule has 1 saturated heterocycles. The van der Waals surface area contributed by atoms with Crippen molar-refractivity contribution in [1.82, 2.24) is 20.0 Å². The molecule has 0 bridgehead atoms. The molecule has 0 aliphatic carbocycles. The summed E-state index contributed by atoms with van der Waals surface area (Å²) in [5, 5.41) is 8.74. The quantitative estimate of drug-likeness (QED) is 0.562. The molecule has 0 atom stereocenters. The molecule has 0 N–H and O–H groups in total. The van der Waals surface area contributed by atoms with E-state index in [1.165, 1.54) is 4.90 Å². The molecular weight excluding hydrogens is 430 g/mol. The number of nitrogens with zero attached hydrogens (tertiary/aromatic N) is 5. The van der Waals surface area contributed by atoms with Crippen LogP contribution in [0.4, 0.5) is 5.82 Å². The molecule has 0 unspecified atom stereocenters. The molecule has 8 heteroatoms. The van der Waals surface area contributed by atoms with Crippen LogP contribution in [0.25, 0.3) is 11.3 Å². The second kappa shape index (κ2) is 8.70. The number of carbonyl (C=O) groups is 3. The van der Waals surface area contributed by atoms with Gasteiger partial charge in [0, 0.05) is 43.3 Å². The van der Waals surface area contributed by atoms with E-state index >= 15 is 0 Å². The van der Waals surface area contributed by atoms with E-state index in [0.29, 0.717) is 42.9 Å².